The summed E-state index contributed by atoms with van der Waals surface area (Å²) in [7, 11) is 4.17. The van der Waals surface area contributed by atoms with Gasteiger partial charge in [0, 0.05) is 25.9 Å². The number of amides is 1. The fourth-order valence-electron chi connectivity index (χ4n) is 9.05. The van der Waals surface area contributed by atoms with Gasteiger partial charge in [0.15, 0.2) is 0 Å². The topological polar surface area (TPSA) is 85.4 Å². The zero-order valence-corrected chi connectivity index (χ0v) is 45.8. The minimum atomic E-state index is -0.155. The molecule has 67 heavy (non-hydrogen) atoms. The Morgan fingerprint density at radius 1 is 0.358 bits per heavy atom. The van der Waals surface area contributed by atoms with Gasteiger partial charge in [-0.3, -0.25) is 9.59 Å². The van der Waals surface area contributed by atoms with Gasteiger partial charge in [-0.05, 0) is 130 Å². The minimum absolute atomic E-state index is 0.00564. The number of hydrogen-bond acceptors (Lipinski definition) is 7. The largest absolute Gasteiger partial charge is 0.462 e. The van der Waals surface area contributed by atoms with Gasteiger partial charge in [0.05, 0.1) is 0 Å². The van der Waals surface area contributed by atoms with E-state index < -0.39 is 0 Å². The van der Waals surface area contributed by atoms with Gasteiger partial charge < -0.3 is 24.0 Å². The molecule has 0 aromatic rings. The molecule has 8 nitrogen and oxygen atoms in total. The van der Waals surface area contributed by atoms with Crippen molar-refractivity contribution < 1.29 is 28.6 Å². The molecular formula is C59H114N2O6. The number of carbonyl (C=O) groups is 3. The number of ether oxygens (including phenoxy) is 3. The van der Waals surface area contributed by atoms with Gasteiger partial charge in [0.25, 0.3) is 0 Å². The smallest absolute Gasteiger partial charge is 0.410 e. The van der Waals surface area contributed by atoms with Crippen molar-refractivity contribution in [3.05, 3.63) is 12.2 Å². The summed E-state index contributed by atoms with van der Waals surface area (Å²) < 4.78 is 18.4. The molecule has 1 amide bonds. The summed E-state index contributed by atoms with van der Waals surface area (Å²) >= 11 is 0. The van der Waals surface area contributed by atoms with Gasteiger partial charge in [-0.15, -0.1) is 0 Å². The molecular weight excluding hydrogens is 833 g/mol. The first-order chi connectivity index (χ1) is 32.7. The molecule has 8 heteroatoms. The van der Waals surface area contributed by atoms with E-state index in [4.69, 9.17) is 14.2 Å². The molecule has 0 bridgehead atoms. The monoisotopic (exact) mass is 947 g/mol. The van der Waals surface area contributed by atoms with Crippen molar-refractivity contribution >= 4 is 18.0 Å². The van der Waals surface area contributed by atoms with E-state index in [0.717, 1.165) is 167 Å². The second-order valence-electron chi connectivity index (χ2n) is 20.5. The van der Waals surface area contributed by atoms with Crippen molar-refractivity contribution in [2.45, 2.75) is 316 Å². The molecule has 0 heterocycles. The Kier molecular flexibility index (Phi) is 48.7. The Balaban J connectivity index is 5.05. The van der Waals surface area contributed by atoms with E-state index in [1.165, 1.54) is 89.9 Å². The highest BCUT2D eigenvalue weighted by molar-refractivity contribution is 5.70. The van der Waals surface area contributed by atoms with Crippen LogP contribution >= 0.6 is 0 Å². The minimum Gasteiger partial charge on any atom is -0.462 e. The van der Waals surface area contributed by atoms with Crippen LogP contribution in [0.2, 0.25) is 0 Å². The zero-order chi connectivity index (χ0) is 49.3. The summed E-state index contributed by atoms with van der Waals surface area (Å²) in [6.45, 7) is 13.5. The molecule has 0 radical (unpaired) electrons. The first-order valence-corrected chi connectivity index (χ1v) is 29.3. The van der Waals surface area contributed by atoms with Crippen LogP contribution in [-0.2, 0) is 23.8 Å². The Morgan fingerprint density at radius 3 is 1.06 bits per heavy atom. The summed E-state index contributed by atoms with van der Waals surface area (Å²) in [5.41, 5.74) is 0. The van der Waals surface area contributed by atoms with E-state index in [1.807, 2.05) is 4.90 Å². The van der Waals surface area contributed by atoms with E-state index in [9.17, 15) is 14.4 Å². The third-order valence-electron chi connectivity index (χ3n) is 13.4. The lowest BCUT2D eigenvalue weighted by molar-refractivity contribution is -0.151. The number of esters is 2. The Morgan fingerprint density at radius 2 is 0.687 bits per heavy atom. The third kappa shape index (κ3) is 44.8. The van der Waals surface area contributed by atoms with Crippen LogP contribution in [0.25, 0.3) is 0 Å². The van der Waals surface area contributed by atoms with Crippen molar-refractivity contribution in [2.24, 2.45) is 0 Å². The number of allylic oxidation sites excluding steroid dienone is 1. The molecule has 0 fully saturated rings. The number of hydrogen-bond donors (Lipinski definition) is 0. The van der Waals surface area contributed by atoms with E-state index in [1.54, 1.807) is 0 Å². The lowest BCUT2D eigenvalue weighted by atomic mass is 10.0. The maximum Gasteiger partial charge on any atom is 0.410 e. The lowest BCUT2D eigenvalue weighted by Crippen LogP contribution is -2.37. The molecule has 0 aliphatic heterocycles. The first-order valence-electron chi connectivity index (χ1n) is 29.3. The number of rotatable bonds is 51. The number of carbonyl (C=O) groups excluding carboxylic acids is 3. The molecule has 0 aliphatic carbocycles. The fourth-order valence-corrected chi connectivity index (χ4v) is 9.05. The molecule has 396 valence electrons. The van der Waals surface area contributed by atoms with Crippen LogP contribution < -0.4 is 0 Å². The lowest BCUT2D eigenvalue weighted by Gasteiger charge is -2.26. The van der Waals surface area contributed by atoms with Gasteiger partial charge in [-0.2, -0.15) is 0 Å². The Hall–Kier alpha value is -2.09. The zero-order valence-electron chi connectivity index (χ0n) is 45.8. The molecule has 0 aliphatic rings. The van der Waals surface area contributed by atoms with Gasteiger partial charge in [-0.1, -0.05) is 188 Å². The quantitative estimate of drug-likeness (QED) is 0.0260. The normalized spacial score (nSPS) is 11.8. The first kappa shape index (κ1) is 64.9. The molecule has 0 aromatic carbocycles. The van der Waals surface area contributed by atoms with Crippen LogP contribution in [-0.4, -0.2) is 79.9 Å². The summed E-state index contributed by atoms with van der Waals surface area (Å²) in [5, 5.41) is 0. The SMILES string of the molecule is CCCC/C=C\CCN(CCCN(C)C)C(=O)OC(CCCCCCCCC(=O)OC(CCCCCC)CCCCCC)CCCCCCCCC(=O)OC(CCCCCC)CCCCCC. The average molecular weight is 948 g/mol. The maximum atomic E-state index is 13.8. The maximum absolute atomic E-state index is 13.8. The highest BCUT2D eigenvalue weighted by Gasteiger charge is 2.21. The second-order valence-corrected chi connectivity index (χ2v) is 20.5. The molecule has 0 saturated heterocycles. The highest BCUT2D eigenvalue weighted by atomic mass is 16.6. The van der Waals surface area contributed by atoms with Crippen molar-refractivity contribution in [3.8, 4) is 0 Å². The fraction of sp³-hybridized carbons (Fsp3) is 0.915. The van der Waals surface area contributed by atoms with Gasteiger partial charge >= 0.3 is 18.0 Å². The van der Waals surface area contributed by atoms with Crippen molar-refractivity contribution in [3.63, 3.8) is 0 Å². The standard InChI is InChI=1S/C59H114N2O6/c1-8-13-18-23-32-41-52-61(53-42-51-60(6)7)59(64)67-56(47-37-28-24-26-30-39-49-57(62)65-54(43-33-19-14-9-2)44-34-20-15-10-3)48-38-29-25-27-31-40-50-58(63)66-55(45-35-21-16-11-4)46-36-22-17-12-5/h23,32,54-56H,8-22,24-31,33-53H2,1-7H3/b32-23-. The Bertz CT molecular complexity index is 1030. The molecule has 0 N–H and O–H groups in total. The van der Waals surface area contributed by atoms with E-state index in [-0.39, 0.29) is 36.3 Å². The van der Waals surface area contributed by atoms with Gasteiger partial charge in [-0.25, -0.2) is 4.79 Å². The summed E-state index contributed by atoms with van der Waals surface area (Å²) in [6, 6.07) is 0. The molecule has 0 saturated carbocycles. The van der Waals surface area contributed by atoms with Crippen molar-refractivity contribution in [1.29, 1.82) is 0 Å². The predicted octanol–water partition coefficient (Wildman–Crippen LogP) is 17.8. The van der Waals surface area contributed by atoms with Gasteiger partial charge in [0.1, 0.15) is 18.3 Å². The number of unbranched alkanes of at least 4 members (excludes halogenated alkanes) is 24. The molecule has 0 rings (SSSR count). The van der Waals surface area contributed by atoms with Crippen LogP contribution in [0, 0.1) is 0 Å². The van der Waals surface area contributed by atoms with E-state index in [2.05, 4.69) is 65.8 Å². The molecule has 0 spiro atoms. The van der Waals surface area contributed by atoms with Crippen LogP contribution in [0.5, 0.6) is 0 Å². The van der Waals surface area contributed by atoms with Crippen LogP contribution in [0.1, 0.15) is 298 Å². The summed E-state index contributed by atoms with van der Waals surface area (Å²) in [6.07, 6.45) is 48.9. The third-order valence-corrected chi connectivity index (χ3v) is 13.4. The molecule has 0 unspecified atom stereocenters. The van der Waals surface area contributed by atoms with E-state index in [0.29, 0.717) is 25.9 Å². The van der Waals surface area contributed by atoms with Crippen molar-refractivity contribution in [2.75, 3.05) is 33.7 Å². The van der Waals surface area contributed by atoms with E-state index >= 15 is 0 Å². The summed E-state index contributed by atoms with van der Waals surface area (Å²) in [5.74, 6) is -0.0113. The number of nitrogens with zero attached hydrogens (tertiary/aromatic N) is 2. The van der Waals surface area contributed by atoms with Gasteiger partial charge in [0.2, 0.25) is 0 Å². The van der Waals surface area contributed by atoms with Crippen LogP contribution in [0.3, 0.4) is 0 Å². The highest BCUT2D eigenvalue weighted by Crippen LogP contribution is 2.21. The summed E-state index contributed by atoms with van der Waals surface area (Å²) in [4.78, 5) is 43.5. The Labute approximate surface area is 417 Å². The van der Waals surface area contributed by atoms with Crippen molar-refractivity contribution in [1.82, 2.24) is 9.80 Å². The average Bonchev–Trinajstić information content (AvgIpc) is 3.31. The molecule has 0 atom stereocenters. The van der Waals surface area contributed by atoms with Crippen LogP contribution in [0.15, 0.2) is 12.2 Å². The second kappa shape index (κ2) is 50.3. The van der Waals surface area contributed by atoms with Crippen LogP contribution in [0.4, 0.5) is 4.79 Å². The predicted molar refractivity (Wildman–Crippen MR) is 287 cm³/mol. The molecule has 0 aromatic heterocycles.